The maximum absolute atomic E-state index is 14.5. The van der Waals surface area contributed by atoms with Gasteiger partial charge in [-0.25, -0.2) is 8.78 Å². The number of rotatable bonds is 7. The molecular formula is C25H26F2N2O. The first-order valence-corrected chi connectivity index (χ1v) is 10.1. The van der Waals surface area contributed by atoms with E-state index in [2.05, 4.69) is 31.0 Å². The van der Waals surface area contributed by atoms with Crippen molar-refractivity contribution in [2.24, 2.45) is 0 Å². The number of benzene rings is 3. The summed E-state index contributed by atoms with van der Waals surface area (Å²) in [6, 6.07) is 18.5. The van der Waals surface area contributed by atoms with Gasteiger partial charge in [0.25, 0.3) is 5.91 Å². The van der Waals surface area contributed by atoms with Crippen LogP contribution in [0.15, 0.2) is 66.7 Å². The van der Waals surface area contributed by atoms with Crippen molar-refractivity contribution in [3.05, 3.63) is 89.5 Å². The second-order valence-electron chi connectivity index (χ2n) is 7.48. The predicted molar refractivity (Wildman–Crippen MR) is 117 cm³/mol. The monoisotopic (exact) mass is 408 g/mol. The molecule has 0 saturated carbocycles. The third-order valence-corrected chi connectivity index (χ3v) is 5.12. The lowest BCUT2D eigenvalue weighted by molar-refractivity contribution is 0.102. The van der Waals surface area contributed by atoms with Crippen molar-refractivity contribution in [1.29, 1.82) is 0 Å². The molecule has 3 aromatic rings. The molecule has 0 bridgehead atoms. The summed E-state index contributed by atoms with van der Waals surface area (Å²) in [5, 5.41) is 2.62. The van der Waals surface area contributed by atoms with Crippen LogP contribution in [0, 0.1) is 11.6 Å². The number of carbonyl (C=O) groups is 1. The number of hydrogen-bond acceptors (Lipinski definition) is 2. The van der Waals surface area contributed by atoms with Crippen LogP contribution in [0.4, 0.5) is 14.5 Å². The molecule has 3 aromatic carbocycles. The van der Waals surface area contributed by atoms with Crippen LogP contribution in [0.2, 0.25) is 0 Å². The minimum atomic E-state index is -0.811. The molecule has 1 N–H and O–H groups in total. The fourth-order valence-corrected chi connectivity index (χ4v) is 3.39. The SMILES string of the molecule is CCN(Cc1ccc(C(=O)Nc2c(F)cc(F)cc2-c2ccccc2)cc1)C(C)C. The van der Waals surface area contributed by atoms with Crippen LogP contribution < -0.4 is 5.32 Å². The van der Waals surface area contributed by atoms with E-state index in [1.54, 1.807) is 36.4 Å². The molecule has 0 heterocycles. The van der Waals surface area contributed by atoms with E-state index in [1.165, 1.54) is 6.07 Å². The van der Waals surface area contributed by atoms with Crippen LogP contribution in [-0.2, 0) is 6.54 Å². The normalized spacial score (nSPS) is 11.2. The molecule has 0 aliphatic carbocycles. The summed E-state index contributed by atoms with van der Waals surface area (Å²) >= 11 is 0. The van der Waals surface area contributed by atoms with Crippen LogP contribution >= 0.6 is 0 Å². The molecule has 30 heavy (non-hydrogen) atoms. The maximum Gasteiger partial charge on any atom is 0.255 e. The van der Waals surface area contributed by atoms with Crippen LogP contribution in [-0.4, -0.2) is 23.4 Å². The Labute approximate surface area is 176 Å². The Bertz CT molecular complexity index is 1000. The molecule has 0 aliphatic rings. The minimum absolute atomic E-state index is 0.0337. The first-order chi connectivity index (χ1) is 14.4. The number of anilines is 1. The van der Waals surface area contributed by atoms with Crippen molar-refractivity contribution in [2.45, 2.75) is 33.4 Å². The topological polar surface area (TPSA) is 32.3 Å². The largest absolute Gasteiger partial charge is 0.319 e. The maximum atomic E-state index is 14.5. The summed E-state index contributed by atoms with van der Waals surface area (Å²) in [4.78, 5) is 15.1. The van der Waals surface area contributed by atoms with Gasteiger partial charge in [0.05, 0.1) is 5.69 Å². The summed E-state index contributed by atoms with van der Waals surface area (Å²) in [5.41, 5.74) is 2.39. The zero-order valence-corrected chi connectivity index (χ0v) is 17.5. The zero-order valence-electron chi connectivity index (χ0n) is 17.5. The number of amides is 1. The molecule has 0 aromatic heterocycles. The lowest BCUT2D eigenvalue weighted by Crippen LogP contribution is -2.29. The molecular weight excluding hydrogens is 382 g/mol. The highest BCUT2D eigenvalue weighted by atomic mass is 19.1. The van der Waals surface area contributed by atoms with E-state index >= 15 is 0 Å². The van der Waals surface area contributed by atoms with Crippen molar-refractivity contribution in [2.75, 3.05) is 11.9 Å². The highest BCUT2D eigenvalue weighted by Crippen LogP contribution is 2.31. The van der Waals surface area contributed by atoms with E-state index in [0.717, 1.165) is 24.7 Å². The zero-order chi connectivity index (χ0) is 21.7. The Morgan fingerprint density at radius 1 is 1.00 bits per heavy atom. The van der Waals surface area contributed by atoms with Gasteiger partial charge in [-0.15, -0.1) is 0 Å². The van der Waals surface area contributed by atoms with Gasteiger partial charge >= 0.3 is 0 Å². The van der Waals surface area contributed by atoms with E-state index in [0.29, 0.717) is 22.7 Å². The summed E-state index contributed by atoms with van der Waals surface area (Å²) < 4.78 is 28.4. The molecule has 0 atom stereocenters. The van der Waals surface area contributed by atoms with Gasteiger partial charge in [-0.05, 0) is 49.7 Å². The summed E-state index contributed by atoms with van der Waals surface area (Å²) in [5.74, 6) is -1.95. The predicted octanol–water partition coefficient (Wildman–Crippen LogP) is 6.11. The number of hydrogen-bond donors (Lipinski definition) is 1. The van der Waals surface area contributed by atoms with Gasteiger partial charge in [-0.1, -0.05) is 49.4 Å². The standard InChI is InChI=1S/C25H26F2N2O/c1-4-29(17(2)3)16-18-10-12-20(13-11-18)25(30)28-24-22(14-21(26)15-23(24)27)19-8-6-5-7-9-19/h5-15,17H,4,16H2,1-3H3,(H,28,30). The van der Waals surface area contributed by atoms with E-state index < -0.39 is 17.5 Å². The lowest BCUT2D eigenvalue weighted by atomic mass is 10.0. The van der Waals surface area contributed by atoms with Gasteiger partial charge in [-0.3, -0.25) is 9.69 Å². The Hall–Kier alpha value is -3.05. The smallest absolute Gasteiger partial charge is 0.255 e. The van der Waals surface area contributed by atoms with Gasteiger partial charge in [0.1, 0.15) is 11.6 Å². The van der Waals surface area contributed by atoms with Crippen molar-refractivity contribution in [3.63, 3.8) is 0 Å². The highest BCUT2D eigenvalue weighted by molar-refractivity contribution is 6.06. The Morgan fingerprint density at radius 2 is 1.67 bits per heavy atom. The molecule has 156 valence electrons. The Balaban J connectivity index is 1.83. The van der Waals surface area contributed by atoms with Crippen LogP contribution in [0.25, 0.3) is 11.1 Å². The Kier molecular flexibility index (Phi) is 6.95. The average molecular weight is 408 g/mol. The number of nitrogens with one attached hydrogen (secondary N) is 1. The van der Waals surface area contributed by atoms with Gasteiger partial charge in [0.15, 0.2) is 0 Å². The second kappa shape index (κ2) is 9.63. The van der Waals surface area contributed by atoms with Gasteiger partial charge in [0, 0.05) is 29.8 Å². The van der Waals surface area contributed by atoms with Gasteiger partial charge in [-0.2, -0.15) is 0 Å². The van der Waals surface area contributed by atoms with Gasteiger partial charge < -0.3 is 5.32 Å². The molecule has 0 saturated heterocycles. The molecule has 3 nitrogen and oxygen atoms in total. The second-order valence-corrected chi connectivity index (χ2v) is 7.48. The van der Waals surface area contributed by atoms with E-state index in [9.17, 15) is 13.6 Å². The van der Waals surface area contributed by atoms with Crippen LogP contribution in [0.3, 0.4) is 0 Å². The van der Waals surface area contributed by atoms with E-state index in [1.807, 2.05) is 18.2 Å². The summed E-state index contributed by atoms with van der Waals surface area (Å²) in [6.07, 6.45) is 0. The molecule has 0 radical (unpaired) electrons. The lowest BCUT2D eigenvalue weighted by Gasteiger charge is -2.24. The fourth-order valence-electron chi connectivity index (χ4n) is 3.39. The first kappa shape index (κ1) is 21.7. The first-order valence-electron chi connectivity index (χ1n) is 10.1. The quantitative estimate of drug-likeness (QED) is 0.511. The fraction of sp³-hybridized carbons (Fsp3) is 0.240. The highest BCUT2D eigenvalue weighted by Gasteiger charge is 2.17. The van der Waals surface area contributed by atoms with Crippen molar-refractivity contribution in [3.8, 4) is 11.1 Å². The molecule has 0 spiro atoms. The summed E-state index contributed by atoms with van der Waals surface area (Å²) in [7, 11) is 0. The molecule has 1 amide bonds. The Morgan fingerprint density at radius 3 is 2.27 bits per heavy atom. The summed E-state index contributed by atoms with van der Waals surface area (Å²) in [6.45, 7) is 8.13. The molecule has 5 heteroatoms. The van der Waals surface area contributed by atoms with Crippen LogP contribution in [0.5, 0.6) is 0 Å². The minimum Gasteiger partial charge on any atom is -0.319 e. The van der Waals surface area contributed by atoms with Crippen molar-refractivity contribution < 1.29 is 13.6 Å². The number of halogens is 2. The molecule has 0 unspecified atom stereocenters. The number of nitrogens with zero attached hydrogens (tertiary/aromatic N) is 1. The average Bonchev–Trinajstić information content (AvgIpc) is 2.74. The molecule has 3 rings (SSSR count). The van der Waals surface area contributed by atoms with E-state index in [-0.39, 0.29) is 5.69 Å². The van der Waals surface area contributed by atoms with Gasteiger partial charge in [0.2, 0.25) is 0 Å². The number of carbonyl (C=O) groups excluding carboxylic acids is 1. The third kappa shape index (κ3) is 5.10. The van der Waals surface area contributed by atoms with Crippen LogP contribution in [0.1, 0.15) is 36.7 Å². The van der Waals surface area contributed by atoms with E-state index in [4.69, 9.17) is 0 Å². The van der Waals surface area contributed by atoms with Crippen molar-refractivity contribution in [1.82, 2.24) is 4.90 Å². The molecule has 0 aliphatic heterocycles. The third-order valence-electron chi connectivity index (χ3n) is 5.12. The molecule has 0 fully saturated rings. The van der Waals surface area contributed by atoms with Crippen molar-refractivity contribution >= 4 is 11.6 Å².